The van der Waals surface area contributed by atoms with Crippen molar-refractivity contribution in [2.24, 2.45) is 0 Å². The maximum absolute atomic E-state index is 10.8. The predicted octanol–water partition coefficient (Wildman–Crippen LogP) is 3.04. The molecule has 0 aliphatic carbocycles. The van der Waals surface area contributed by atoms with Crippen molar-refractivity contribution < 1.29 is 9.90 Å². The maximum atomic E-state index is 10.8. The number of nitrogens with zero attached hydrogens (tertiary/aromatic N) is 2. The summed E-state index contributed by atoms with van der Waals surface area (Å²) < 4.78 is 1.96. The first-order valence-corrected chi connectivity index (χ1v) is 6.38. The number of aromatic nitrogens is 2. The Bertz CT molecular complexity index is 490. The molecule has 2 rings (SSSR count). The van der Waals surface area contributed by atoms with E-state index in [0.29, 0.717) is 0 Å². The molecule has 1 unspecified atom stereocenters. The van der Waals surface area contributed by atoms with E-state index in [1.807, 2.05) is 35.2 Å². The Labute approximate surface area is 104 Å². The summed E-state index contributed by atoms with van der Waals surface area (Å²) in [5, 5.41) is 10.9. The topological polar surface area (TPSA) is 55.1 Å². The molecule has 0 radical (unpaired) electrons. The molecule has 2 aromatic rings. The first-order valence-electron chi connectivity index (χ1n) is 5.51. The average molecular weight is 250 g/mol. The highest BCUT2D eigenvalue weighted by molar-refractivity contribution is 7.13. The largest absolute Gasteiger partial charge is 0.481 e. The summed E-state index contributed by atoms with van der Waals surface area (Å²) in [5.41, 5.74) is 0. The van der Waals surface area contributed by atoms with Crippen LogP contribution in [0.2, 0.25) is 0 Å². The fraction of sp³-hybridized carbons (Fsp3) is 0.333. The smallest absolute Gasteiger partial charge is 0.305 e. The maximum Gasteiger partial charge on any atom is 0.305 e. The number of hydrogen-bond donors (Lipinski definition) is 1. The molecule has 0 aromatic carbocycles. The van der Waals surface area contributed by atoms with Crippen LogP contribution in [-0.2, 0) is 4.79 Å². The minimum Gasteiger partial charge on any atom is -0.481 e. The zero-order chi connectivity index (χ0) is 12.3. The van der Waals surface area contributed by atoms with E-state index in [-0.39, 0.29) is 12.5 Å². The summed E-state index contributed by atoms with van der Waals surface area (Å²) in [6.45, 7) is 1.99. The molecule has 0 aliphatic heterocycles. The Morgan fingerprint density at radius 3 is 3.06 bits per heavy atom. The van der Waals surface area contributed by atoms with Gasteiger partial charge in [0.2, 0.25) is 0 Å². The molecule has 2 heterocycles. The molecule has 0 fully saturated rings. The van der Waals surface area contributed by atoms with Crippen molar-refractivity contribution in [2.45, 2.75) is 25.8 Å². The van der Waals surface area contributed by atoms with E-state index in [0.717, 1.165) is 17.1 Å². The van der Waals surface area contributed by atoms with Crippen LogP contribution in [0.3, 0.4) is 0 Å². The van der Waals surface area contributed by atoms with Gasteiger partial charge in [0.1, 0.15) is 5.82 Å². The highest BCUT2D eigenvalue weighted by atomic mass is 32.1. The molecule has 0 aliphatic rings. The number of imidazole rings is 1. The van der Waals surface area contributed by atoms with Crippen molar-refractivity contribution in [3.63, 3.8) is 0 Å². The minimum atomic E-state index is -0.775. The van der Waals surface area contributed by atoms with Gasteiger partial charge in [-0.3, -0.25) is 4.79 Å². The van der Waals surface area contributed by atoms with Crippen molar-refractivity contribution in [3.8, 4) is 10.7 Å². The van der Waals surface area contributed by atoms with Gasteiger partial charge < -0.3 is 9.67 Å². The summed E-state index contributed by atoms with van der Waals surface area (Å²) in [6, 6.07) is 3.93. The molecule has 1 atom stereocenters. The van der Waals surface area contributed by atoms with Crippen molar-refractivity contribution in [1.29, 1.82) is 0 Å². The Morgan fingerprint density at radius 1 is 1.65 bits per heavy atom. The predicted molar refractivity (Wildman–Crippen MR) is 67.1 cm³/mol. The first kappa shape index (κ1) is 11.9. The highest BCUT2D eigenvalue weighted by Gasteiger charge is 2.17. The van der Waals surface area contributed by atoms with Gasteiger partial charge >= 0.3 is 5.97 Å². The Hall–Kier alpha value is -1.62. The lowest BCUT2D eigenvalue weighted by Crippen LogP contribution is -2.13. The molecular formula is C12H14N2O2S. The van der Waals surface area contributed by atoms with E-state index in [4.69, 9.17) is 5.11 Å². The second-order valence-corrected chi connectivity index (χ2v) is 4.74. The number of rotatable bonds is 5. The molecule has 4 nitrogen and oxygen atoms in total. The second kappa shape index (κ2) is 5.14. The van der Waals surface area contributed by atoms with Crippen LogP contribution in [0.25, 0.3) is 10.7 Å². The summed E-state index contributed by atoms with van der Waals surface area (Å²) in [6.07, 6.45) is 4.48. The van der Waals surface area contributed by atoms with Crippen LogP contribution < -0.4 is 0 Å². The molecule has 5 heteroatoms. The summed E-state index contributed by atoms with van der Waals surface area (Å²) in [7, 11) is 0. The SMILES string of the molecule is CCC(CC(=O)O)n1ccnc1-c1cccs1. The third-order valence-electron chi connectivity index (χ3n) is 2.69. The van der Waals surface area contributed by atoms with Gasteiger partial charge in [-0.15, -0.1) is 11.3 Å². The van der Waals surface area contributed by atoms with Crippen molar-refractivity contribution in [3.05, 3.63) is 29.9 Å². The van der Waals surface area contributed by atoms with Gasteiger partial charge in [-0.1, -0.05) is 13.0 Å². The zero-order valence-electron chi connectivity index (χ0n) is 9.54. The van der Waals surface area contributed by atoms with Gasteiger partial charge in [-0.25, -0.2) is 4.98 Å². The molecule has 2 aromatic heterocycles. The third kappa shape index (κ3) is 2.55. The molecule has 17 heavy (non-hydrogen) atoms. The molecular weight excluding hydrogens is 236 g/mol. The fourth-order valence-corrected chi connectivity index (χ4v) is 2.57. The van der Waals surface area contributed by atoms with Crippen molar-refractivity contribution in [2.75, 3.05) is 0 Å². The lowest BCUT2D eigenvalue weighted by molar-refractivity contribution is -0.137. The summed E-state index contributed by atoms with van der Waals surface area (Å²) in [5.74, 6) is 0.0794. The fourth-order valence-electron chi connectivity index (χ4n) is 1.85. The van der Waals surface area contributed by atoms with Gasteiger partial charge in [0, 0.05) is 18.4 Å². The van der Waals surface area contributed by atoms with E-state index in [9.17, 15) is 4.79 Å². The molecule has 1 N–H and O–H groups in total. The van der Waals surface area contributed by atoms with Crippen LogP contribution in [0.5, 0.6) is 0 Å². The van der Waals surface area contributed by atoms with Crippen molar-refractivity contribution in [1.82, 2.24) is 9.55 Å². The van der Waals surface area contributed by atoms with Crippen LogP contribution in [0, 0.1) is 0 Å². The molecule has 0 bridgehead atoms. The van der Waals surface area contributed by atoms with Crippen LogP contribution in [0.1, 0.15) is 25.8 Å². The Balaban J connectivity index is 2.32. The molecule has 0 saturated heterocycles. The van der Waals surface area contributed by atoms with Crippen LogP contribution in [0.15, 0.2) is 29.9 Å². The van der Waals surface area contributed by atoms with Gasteiger partial charge in [-0.05, 0) is 17.9 Å². The molecule has 0 spiro atoms. The number of hydrogen-bond acceptors (Lipinski definition) is 3. The summed E-state index contributed by atoms with van der Waals surface area (Å²) >= 11 is 1.61. The number of carboxylic acid groups (broad SMARTS) is 1. The normalized spacial score (nSPS) is 12.5. The first-order chi connectivity index (χ1) is 8.22. The second-order valence-electron chi connectivity index (χ2n) is 3.80. The quantitative estimate of drug-likeness (QED) is 0.887. The Kier molecular flexibility index (Phi) is 3.58. The van der Waals surface area contributed by atoms with Crippen LogP contribution >= 0.6 is 11.3 Å². The minimum absolute atomic E-state index is 0.0351. The number of carbonyl (C=O) groups is 1. The monoisotopic (exact) mass is 250 g/mol. The average Bonchev–Trinajstić information content (AvgIpc) is 2.94. The number of thiophene rings is 1. The molecule has 90 valence electrons. The lowest BCUT2D eigenvalue weighted by Gasteiger charge is -2.16. The van der Waals surface area contributed by atoms with Gasteiger partial charge in [0.25, 0.3) is 0 Å². The third-order valence-corrected chi connectivity index (χ3v) is 3.55. The molecule has 0 amide bonds. The number of carboxylic acids is 1. The molecule has 0 saturated carbocycles. The van der Waals surface area contributed by atoms with E-state index >= 15 is 0 Å². The van der Waals surface area contributed by atoms with Gasteiger partial charge in [0.05, 0.1) is 11.3 Å². The van der Waals surface area contributed by atoms with Crippen LogP contribution in [-0.4, -0.2) is 20.6 Å². The lowest BCUT2D eigenvalue weighted by atomic mass is 10.1. The van der Waals surface area contributed by atoms with Crippen molar-refractivity contribution >= 4 is 17.3 Å². The van der Waals surface area contributed by atoms with E-state index in [1.54, 1.807) is 17.5 Å². The standard InChI is InChI=1S/C12H14N2O2S/c1-2-9(8-11(15)16)14-6-5-13-12(14)10-4-3-7-17-10/h3-7,9H,2,8H2,1H3,(H,15,16). The van der Waals surface area contributed by atoms with E-state index < -0.39 is 5.97 Å². The number of aliphatic carboxylic acids is 1. The summed E-state index contributed by atoms with van der Waals surface area (Å²) in [4.78, 5) is 16.2. The van der Waals surface area contributed by atoms with Crippen LogP contribution in [0.4, 0.5) is 0 Å². The Morgan fingerprint density at radius 2 is 2.47 bits per heavy atom. The van der Waals surface area contributed by atoms with Gasteiger partial charge in [-0.2, -0.15) is 0 Å². The van der Waals surface area contributed by atoms with E-state index in [1.165, 1.54) is 0 Å². The highest BCUT2D eigenvalue weighted by Crippen LogP contribution is 2.27. The van der Waals surface area contributed by atoms with Gasteiger partial charge in [0.15, 0.2) is 0 Å². The van der Waals surface area contributed by atoms with E-state index in [2.05, 4.69) is 4.98 Å². The zero-order valence-corrected chi connectivity index (χ0v) is 10.4.